The van der Waals surface area contributed by atoms with Crippen LogP contribution in [0.1, 0.15) is 52.2 Å². The van der Waals surface area contributed by atoms with E-state index in [0.29, 0.717) is 24.2 Å². The lowest BCUT2D eigenvalue weighted by atomic mass is 9.73. The van der Waals surface area contributed by atoms with Gasteiger partial charge < -0.3 is 10.1 Å². The van der Waals surface area contributed by atoms with Gasteiger partial charge in [-0.15, -0.1) is 0 Å². The molecule has 1 heterocycles. The van der Waals surface area contributed by atoms with E-state index in [-0.39, 0.29) is 35.1 Å². The van der Waals surface area contributed by atoms with Crippen LogP contribution in [-0.2, 0) is 19.1 Å². The predicted molar refractivity (Wildman–Crippen MR) is 144 cm³/mol. The van der Waals surface area contributed by atoms with Gasteiger partial charge in [0.1, 0.15) is 0 Å². The first-order valence-corrected chi connectivity index (χ1v) is 12.9. The molecule has 0 spiro atoms. The Labute approximate surface area is 221 Å². The highest BCUT2D eigenvalue weighted by atomic mass is 16.5. The SMILES string of the molecule is Cc1ccc(NC(=O)COC(=O)c2cccc(N3C(=O)[C@@H]4CC[C@@H](c5ccccc5)C[C@H]4C3=O)c2)cc1C. The van der Waals surface area contributed by atoms with Crippen LogP contribution >= 0.6 is 0 Å². The van der Waals surface area contributed by atoms with Gasteiger partial charge in [-0.3, -0.25) is 19.3 Å². The lowest BCUT2D eigenvalue weighted by molar-refractivity contribution is -0.122. The molecule has 1 saturated heterocycles. The quantitative estimate of drug-likeness (QED) is 0.365. The van der Waals surface area contributed by atoms with Crippen LogP contribution in [0.4, 0.5) is 11.4 Å². The Bertz CT molecular complexity index is 1400. The number of nitrogens with one attached hydrogen (secondary N) is 1. The van der Waals surface area contributed by atoms with Crippen molar-refractivity contribution < 1.29 is 23.9 Å². The number of nitrogens with zero attached hydrogens (tertiary/aromatic N) is 1. The average molecular weight is 511 g/mol. The fourth-order valence-electron chi connectivity index (χ4n) is 5.46. The Balaban J connectivity index is 1.24. The molecule has 3 aromatic rings. The zero-order chi connectivity index (χ0) is 26.8. The highest BCUT2D eigenvalue weighted by molar-refractivity contribution is 6.22. The Hall–Kier alpha value is -4.26. The maximum atomic E-state index is 13.4. The summed E-state index contributed by atoms with van der Waals surface area (Å²) in [6.45, 7) is 3.47. The molecule has 3 atom stereocenters. The highest BCUT2D eigenvalue weighted by Gasteiger charge is 2.50. The largest absolute Gasteiger partial charge is 0.452 e. The Morgan fingerprint density at radius 1 is 0.868 bits per heavy atom. The van der Waals surface area contributed by atoms with E-state index in [4.69, 9.17) is 4.74 Å². The maximum Gasteiger partial charge on any atom is 0.338 e. The monoisotopic (exact) mass is 510 g/mol. The van der Waals surface area contributed by atoms with Gasteiger partial charge in [0.05, 0.1) is 23.1 Å². The molecule has 1 aliphatic carbocycles. The van der Waals surface area contributed by atoms with Crippen LogP contribution in [0, 0.1) is 25.7 Å². The number of aryl methyl sites for hydroxylation is 2. The van der Waals surface area contributed by atoms with Gasteiger partial charge in [0.15, 0.2) is 6.61 Å². The fraction of sp³-hybridized carbons (Fsp3) is 0.290. The third kappa shape index (κ3) is 5.09. The van der Waals surface area contributed by atoms with Crippen molar-refractivity contribution >= 4 is 35.1 Å². The minimum atomic E-state index is -0.706. The first-order chi connectivity index (χ1) is 18.3. The number of anilines is 2. The van der Waals surface area contributed by atoms with Crippen molar-refractivity contribution in [1.82, 2.24) is 0 Å². The third-order valence-electron chi connectivity index (χ3n) is 7.66. The summed E-state index contributed by atoms with van der Waals surface area (Å²) in [5, 5.41) is 2.71. The van der Waals surface area contributed by atoms with Gasteiger partial charge in [-0.25, -0.2) is 4.79 Å². The molecule has 1 aliphatic heterocycles. The molecule has 0 unspecified atom stereocenters. The molecule has 7 nitrogen and oxygen atoms in total. The van der Waals surface area contributed by atoms with Crippen LogP contribution < -0.4 is 10.2 Å². The molecule has 7 heteroatoms. The topological polar surface area (TPSA) is 92.8 Å². The van der Waals surface area contributed by atoms with Gasteiger partial charge in [0.25, 0.3) is 5.91 Å². The first-order valence-electron chi connectivity index (χ1n) is 12.9. The van der Waals surface area contributed by atoms with Crippen molar-refractivity contribution in [1.29, 1.82) is 0 Å². The number of carbonyl (C=O) groups excluding carboxylic acids is 4. The lowest BCUT2D eigenvalue weighted by Gasteiger charge is -2.28. The third-order valence-corrected chi connectivity index (χ3v) is 7.66. The molecule has 3 aromatic carbocycles. The van der Waals surface area contributed by atoms with E-state index in [1.807, 2.05) is 44.2 Å². The molecule has 5 rings (SSSR count). The van der Waals surface area contributed by atoms with Gasteiger partial charge in [-0.1, -0.05) is 42.5 Å². The van der Waals surface area contributed by atoms with Crippen LogP contribution in [0.3, 0.4) is 0 Å². The number of carbonyl (C=O) groups is 4. The highest BCUT2D eigenvalue weighted by Crippen LogP contribution is 2.45. The zero-order valence-electron chi connectivity index (χ0n) is 21.5. The summed E-state index contributed by atoms with van der Waals surface area (Å²) in [6.07, 6.45) is 2.14. The molecule has 1 N–H and O–H groups in total. The van der Waals surface area contributed by atoms with E-state index in [1.165, 1.54) is 22.6 Å². The molecule has 0 bridgehead atoms. The number of hydrogen-bond donors (Lipinski definition) is 1. The van der Waals surface area contributed by atoms with E-state index in [1.54, 1.807) is 18.2 Å². The van der Waals surface area contributed by atoms with E-state index >= 15 is 0 Å². The number of benzene rings is 3. The van der Waals surface area contributed by atoms with E-state index in [0.717, 1.165) is 17.5 Å². The van der Waals surface area contributed by atoms with Crippen molar-refractivity contribution in [3.05, 3.63) is 95.1 Å². The molecular formula is C31H30N2O5. The first kappa shape index (κ1) is 25.4. The van der Waals surface area contributed by atoms with Crippen LogP contribution in [0.25, 0.3) is 0 Å². The molecular weight excluding hydrogens is 480 g/mol. The predicted octanol–water partition coefficient (Wildman–Crippen LogP) is 5.17. The van der Waals surface area contributed by atoms with Crippen LogP contribution in [0.2, 0.25) is 0 Å². The Kier molecular flexibility index (Phi) is 7.09. The smallest absolute Gasteiger partial charge is 0.338 e. The van der Waals surface area contributed by atoms with Gasteiger partial charge in [0, 0.05) is 5.69 Å². The molecule has 2 aliphatic rings. The molecule has 0 aromatic heterocycles. The summed E-state index contributed by atoms with van der Waals surface area (Å²) in [7, 11) is 0. The Morgan fingerprint density at radius 2 is 1.63 bits per heavy atom. The van der Waals surface area contributed by atoms with E-state index in [9.17, 15) is 19.2 Å². The Morgan fingerprint density at radius 3 is 2.39 bits per heavy atom. The van der Waals surface area contributed by atoms with Crippen molar-refractivity contribution in [3.8, 4) is 0 Å². The molecule has 3 amide bonds. The molecule has 1 saturated carbocycles. The second-order valence-electron chi connectivity index (χ2n) is 10.1. The fourth-order valence-corrected chi connectivity index (χ4v) is 5.46. The standard InChI is InChI=1S/C31H30N2O5/c1-19-11-13-24(15-20(19)2)32-28(34)18-38-31(37)23-9-6-10-25(16-23)33-29(35)26-14-12-22(17-27(26)30(33)36)21-7-4-3-5-8-21/h3-11,13,15-16,22,26-27H,12,14,17-18H2,1-2H3,(H,32,34)/t22-,26-,27-/m1/s1. The number of imide groups is 1. The average Bonchev–Trinajstić information content (AvgIpc) is 3.19. The van der Waals surface area contributed by atoms with Crippen LogP contribution in [0.15, 0.2) is 72.8 Å². The van der Waals surface area contributed by atoms with Gasteiger partial charge in [0.2, 0.25) is 11.8 Å². The summed E-state index contributed by atoms with van der Waals surface area (Å²) in [6, 6.07) is 21.9. The molecule has 38 heavy (non-hydrogen) atoms. The molecule has 2 fully saturated rings. The van der Waals surface area contributed by atoms with Gasteiger partial charge >= 0.3 is 5.97 Å². The normalized spacial score (nSPS) is 20.7. The second-order valence-corrected chi connectivity index (χ2v) is 10.1. The minimum absolute atomic E-state index is 0.166. The van der Waals surface area contributed by atoms with E-state index in [2.05, 4.69) is 17.4 Å². The van der Waals surface area contributed by atoms with Crippen molar-refractivity contribution in [2.75, 3.05) is 16.8 Å². The molecule has 194 valence electrons. The summed E-state index contributed by atoms with van der Waals surface area (Å²) in [5.41, 5.74) is 4.48. The second kappa shape index (κ2) is 10.6. The van der Waals surface area contributed by atoms with Crippen molar-refractivity contribution in [2.45, 2.75) is 39.0 Å². The number of amides is 3. The summed E-state index contributed by atoms with van der Waals surface area (Å²) in [5.74, 6) is -2.07. The number of rotatable bonds is 6. The molecule has 0 radical (unpaired) electrons. The van der Waals surface area contributed by atoms with Crippen molar-refractivity contribution in [3.63, 3.8) is 0 Å². The van der Waals surface area contributed by atoms with Crippen LogP contribution in [0.5, 0.6) is 0 Å². The summed E-state index contributed by atoms with van der Waals surface area (Å²) < 4.78 is 5.21. The summed E-state index contributed by atoms with van der Waals surface area (Å²) >= 11 is 0. The number of ether oxygens (including phenoxy) is 1. The van der Waals surface area contributed by atoms with Gasteiger partial charge in [-0.05, 0) is 86.1 Å². The maximum absolute atomic E-state index is 13.4. The van der Waals surface area contributed by atoms with E-state index < -0.39 is 18.5 Å². The summed E-state index contributed by atoms with van der Waals surface area (Å²) in [4.78, 5) is 52.8. The minimum Gasteiger partial charge on any atom is -0.452 e. The van der Waals surface area contributed by atoms with Gasteiger partial charge in [-0.2, -0.15) is 0 Å². The van der Waals surface area contributed by atoms with Crippen molar-refractivity contribution in [2.24, 2.45) is 11.8 Å². The number of fused-ring (bicyclic) bond motifs is 1. The number of hydrogen-bond acceptors (Lipinski definition) is 5. The van der Waals surface area contributed by atoms with Crippen LogP contribution in [-0.4, -0.2) is 30.3 Å². The number of esters is 1. The zero-order valence-corrected chi connectivity index (χ0v) is 21.5. The lowest BCUT2D eigenvalue weighted by Crippen LogP contribution is -2.31.